The highest BCUT2D eigenvalue weighted by atomic mass is 16.5. The number of hydrogen-bond donors (Lipinski definition) is 2. The molecule has 1 aromatic rings. The summed E-state index contributed by atoms with van der Waals surface area (Å²) in [5, 5.41) is 12.0. The van der Waals surface area contributed by atoms with Gasteiger partial charge in [0.1, 0.15) is 6.61 Å². The summed E-state index contributed by atoms with van der Waals surface area (Å²) in [6.07, 6.45) is 0. The van der Waals surface area contributed by atoms with E-state index in [1.807, 2.05) is 30.3 Å². The van der Waals surface area contributed by atoms with Crippen molar-refractivity contribution in [1.29, 1.82) is 0 Å². The molecule has 0 aliphatic heterocycles. The van der Waals surface area contributed by atoms with Gasteiger partial charge in [0, 0.05) is 7.11 Å². The van der Waals surface area contributed by atoms with E-state index >= 15 is 0 Å². The maximum Gasteiger partial charge on any atom is 0.246 e. The Balaban J connectivity index is 2.37. The molecule has 5 nitrogen and oxygen atoms in total. The molecule has 0 heterocycles. The topological polar surface area (TPSA) is 67.8 Å². The van der Waals surface area contributed by atoms with E-state index in [1.165, 1.54) is 0 Å². The number of hydrogen-bond acceptors (Lipinski definition) is 4. The maximum absolute atomic E-state index is 11.6. The number of aliphatic hydroxyl groups is 1. The van der Waals surface area contributed by atoms with Crippen molar-refractivity contribution in [2.45, 2.75) is 6.04 Å². The average molecular weight is 253 g/mol. The minimum Gasteiger partial charge on any atom is -0.394 e. The zero-order chi connectivity index (χ0) is 13.2. The van der Waals surface area contributed by atoms with Crippen LogP contribution in [-0.2, 0) is 14.3 Å². The van der Waals surface area contributed by atoms with Crippen LogP contribution in [0, 0.1) is 0 Å². The van der Waals surface area contributed by atoms with Gasteiger partial charge >= 0.3 is 0 Å². The van der Waals surface area contributed by atoms with Crippen molar-refractivity contribution in [2.24, 2.45) is 0 Å². The molecule has 0 aromatic heterocycles. The van der Waals surface area contributed by atoms with Gasteiger partial charge in [0.05, 0.1) is 25.9 Å². The lowest BCUT2D eigenvalue weighted by Gasteiger charge is -2.16. The fourth-order valence-corrected chi connectivity index (χ4v) is 1.46. The van der Waals surface area contributed by atoms with E-state index in [9.17, 15) is 9.90 Å². The summed E-state index contributed by atoms with van der Waals surface area (Å²) in [7, 11) is 1.57. The van der Waals surface area contributed by atoms with E-state index in [0.717, 1.165) is 5.56 Å². The fourth-order valence-electron chi connectivity index (χ4n) is 1.46. The van der Waals surface area contributed by atoms with Gasteiger partial charge in [-0.25, -0.2) is 0 Å². The Bertz CT molecular complexity index is 342. The number of carbonyl (C=O) groups is 1. The Morgan fingerprint density at radius 2 is 2.06 bits per heavy atom. The highest BCUT2D eigenvalue weighted by Crippen LogP contribution is 2.11. The van der Waals surface area contributed by atoms with Crippen molar-refractivity contribution in [3.63, 3.8) is 0 Å². The quantitative estimate of drug-likeness (QED) is 0.662. The van der Waals surface area contributed by atoms with Crippen LogP contribution in [0.15, 0.2) is 30.3 Å². The van der Waals surface area contributed by atoms with Crippen LogP contribution < -0.4 is 5.32 Å². The molecular formula is C13H19NO4. The molecule has 1 aromatic carbocycles. The van der Waals surface area contributed by atoms with Gasteiger partial charge in [0.15, 0.2) is 0 Å². The van der Waals surface area contributed by atoms with Crippen molar-refractivity contribution in [2.75, 3.05) is 33.5 Å². The molecule has 18 heavy (non-hydrogen) atoms. The molecule has 0 unspecified atom stereocenters. The highest BCUT2D eigenvalue weighted by Gasteiger charge is 2.12. The number of rotatable bonds is 8. The number of nitrogens with one attached hydrogen (secondary N) is 1. The van der Waals surface area contributed by atoms with Crippen LogP contribution >= 0.6 is 0 Å². The zero-order valence-electron chi connectivity index (χ0n) is 10.5. The summed E-state index contributed by atoms with van der Waals surface area (Å²) < 4.78 is 9.90. The summed E-state index contributed by atoms with van der Waals surface area (Å²) in [6, 6.07) is 8.91. The maximum atomic E-state index is 11.6. The predicted molar refractivity (Wildman–Crippen MR) is 67.1 cm³/mol. The van der Waals surface area contributed by atoms with Crippen LogP contribution in [0.25, 0.3) is 0 Å². The van der Waals surface area contributed by atoms with Crippen LogP contribution in [0.4, 0.5) is 0 Å². The van der Waals surface area contributed by atoms with Crippen LogP contribution in [0.1, 0.15) is 11.6 Å². The molecule has 1 atom stereocenters. The first-order chi connectivity index (χ1) is 8.77. The van der Waals surface area contributed by atoms with E-state index in [1.54, 1.807) is 7.11 Å². The van der Waals surface area contributed by atoms with Gasteiger partial charge in [-0.05, 0) is 5.56 Å². The van der Waals surface area contributed by atoms with Crippen molar-refractivity contribution >= 4 is 5.91 Å². The zero-order valence-corrected chi connectivity index (χ0v) is 10.5. The molecule has 0 aliphatic rings. The molecule has 1 rings (SSSR count). The van der Waals surface area contributed by atoms with Crippen molar-refractivity contribution < 1.29 is 19.4 Å². The third-order valence-electron chi connectivity index (χ3n) is 2.38. The normalized spacial score (nSPS) is 12.1. The second-order valence-electron chi connectivity index (χ2n) is 3.76. The predicted octanol–water partition coefficient (Wildman–Crippen LogP) is 0.499. The third kappa shape index (κ3) is 5.27. The van der Waals surface area contributed by atoms with Crippen LogP contribution in [0.5, 0.6) is 0 Å². The second kappa shape index (κ2) is 8.63. The molecule has 2 N–H and O–H groups in total. The average Bonchev–Trinajstić information content (AvgIpc) is 2.42. The summed E-state index contributed by atoms with van der Waals surface area (Å²) in [6.45, 7) is 0.648. The molecule has 0 saturated carbocycles. The van der Waals surface area contributed by atoms with E-state index < -0.39 is 6.04 Å². The van der Waals surface area contributed by atoms with Gasteiger partial charge in [-0.15, -0.1) is 0 Å². The van der Waals surface area contributed by atoms with Gasteiger partial charge in [0.25, 0.3) is 0 Å². The van der Waals surface area contributed by atoms with E-state index in [2.05, 4.69) is 5.32 Å². The first kappa shape index (κ1) is 14.6. The molecule has 0 fully saturated rings. The molecule has 5 heteroatoms. The summed E-state index contributed by atoms with van der Waals surface area (Å²) >= 11 is 0. The Morgan fingerprint density at radius 3 is 2.67 bits per heavy atom. The van der Waals surface area contributed by atoms with Gasteiger partial charge in [-0.1, -0.05) is 30.3 Å². The van der Waals surface area contributed by atoms with Crippen molar-refractivity contribution in [3.05, 3.63) is 35.9 Å². The number of carbonyl (C=O) groups excluding carboxylic acids is 1. The van der Waals surface area contributed by atoms with Crippen LogP contribution in [0.2, 0.25) is 0 Å². The minimum absolute atomic E-state index is 0.0350. The number of amides is 1. The standard InChI is InChI=1S/C13H19NO4/c1-17-7-8-18-10-13(16)14-12(9-15)11-5-3-2-4-6-11/h2-6,12,15H,7-10H2,1H3,(H,14,16)/t12-/m1/s1. The lowest BCUT2D eigenvalue weighted by molar-refractivity contribution is -0.127. The Morgan fingerprint density at radius 1 is 1.33 bits per heavy atom. The van der Waals surface area contributed by atoms with Gasteiger partial charge < -0.3 is 19.9 Å². The molecular weight excluding hydrogens is 234 g/mol. The van der Waals surface area contributed by atoms with Crippen molar-refractivity contribution in [1.82, 2.24) is 5.32 Å². The molecule has 100 valence electrons. The largest absolute Gasteiger partial charge is 0.394 e. The van der Waals surface area contributed by atoms with E-state index in [4.69, 9.17) is 9.47 Å². The minimum atomic E-state index is -0.398. The number of methoxy groups -OCH3 is 1. The number of aliphatic hydroxyl groups excluding tert-OH is 1. The first-order valence-corrected chi connectivity index (χ1v) is 5.79. The Kier molecular flexibility index (Phi) is 7.01. The molecule has 0 aliphatic carbocycles. The molecule has 0 bridgehead atoms. The van der Waals surface area contributed by atoms with Crippen molar-refractivity contribution in [3.8, 4) is 0 Å². The lowest BCUT2D eigenvalue weighted by Crippen LogP contribution is -2.33. The van der Waals surface area contributed by atoms with Crippen LogP contribution in [0.3, 0.4) is 0 Å². The smallest absolute Gasteiger partial charge is 0.246 e. The van der Waals surface area contributed by atoms with Gasteiger partial charge in [-0.3, -0.25) is 4.79 Å². The molecule has 0 saturated heterocycles. The Hall–Kier alpha value is -1.43. The van der Waals surface area contributed by atoms with E-state index in [-0.39, 0.29) is 19.1 Å². The summed E-state index contributed by atoms with van der Waals surface area (Å²) in [5.74, 6) is -0.256. The molecule has 1 amide bonds. The number of ether oxygens (including phenoxy) is 2. The summed E-state index contributed by atoms with van der Waals surface area (Å²) in [5.41, 5.74) is 0.866. The van der Waals surface area contributed by atoms with Gasteiger partial charge in [-0.2, -0.15) is 0 Å². The second-order valence-corrected chi connectivity index (χ2v) is 3.76. The van der Waals surface area contributed by atoms with E-state index in [0.29, 0.717) is 13.2 Å². The third-order valence-corrected chi connectivity index (χ3v) is 2.38. The molecule has 0 radical (unpaired) electrons. The highest BCUT2D eigenvalue weighted by molar-refractivity contribution is 5.77. The fraction of sp³-hybridized carbons (Fsp3) is 0.462. The Labute approximate surface area is 107 Å². The first-order valence-electron chi connectivity index (χ1n) is 5.79. The summed E-state index contributed by atoms with van der Waals surface area (Å²) in [4.78, 5) is 11.6. The molecule has 0 spiro atoms. The monoisotopic (exact) mass is 253 g/mol. The number of benzene rings is 1. The SMILES string of the molecule is COCCOCC(=O)N[C@H](CO)c1ccccc1. The van der Waals surface area contributed by atoms with Gasteiger partial charge in [0.2, 0.25) is 5.91 Å². The lowest BCUT2D eigenvalue weighted by atomic mass is 10.1. The van der Waals surface area contributed by atoms with Crippen LogP contribution in [-0.4, -0.2) is 44.6 Å².